The van der Waals surface area contributed by atoms with Crippen molar-refractivity contribution in [3.05, 3.63) is 59.2 Å². The van der Waals surface area contributed by atoms with E-state index in [9.17, 15) is 22.8 Å². The Hall–Kier alpha value is -3.78. The van der Waals surface area contributed by atoms with E-state index in [1.807, 2.05) is 17.0 Å². The van der Waals surface area contributed by atoms with Crippen LogP contribution in [0, 0.1) is 11.3 Å². The standard InChI is InChI=1S/C30H35F3N4O4/c1-2-40-29(39)20-3-6-22(7-4-20)35-24-13-15-37(16-14-24)28(38)19-41-26-11-9-23(10-12-26)36-25-8-5-21(18-34)27(17-25)30(31,32)33/h3-8,17,23-24,26,35-36H,2,9-16,19H2,1H3. The third-order valence-electron chi connectivity index (χ3n) is 7.55. The van der Waals surface area contributed by atoms with Gasteiger partial charge in [0.2, 0.25) is 5.91 Å². The summed E-state index contributed by atoms with van der Waals surface area (Å²) >= 11 is 0. The van der Waals surface area contributed by atoms with Crippen molar-refractivity contribution in [1.82, 2.24) is 4.90 Å². The largest absolute Gasteiger partial charge is 0.462 e. The summed E-state index contributed by atoms with van der Waals surface area (Å²) in [5, 5.41) is 15.6. The average molecular weight is 573 g/mol. The van der Waals surface area contributed by atoms with E-state index in [0.717, 1.165) is 24.6 Å². The number of rotatable bonds is 9. The highest BCUT2D eigenvalue weighted by Gasteiger charge is 2.34. The van der Waals surface area contributed by atoms with E-state index in [-0.39, 0.29) is 36.7 Å². The smallest absolute Gasteiger partial charge is 0.417 e. The molecule has 0 spiro atoms. The summed E-state index contributed by atoms with van der Waals surface area (Å²) < 4.78 is 50.7. The first-order valence-electron chi connectivity index (χ1n) is 14.0. The van der Waals surface area contributed by atoms with Gasteiger partial charge in [-0.3, -0.25) is 4.79 Å². The molecule has 1 heterocycles. The van der Waals surface area contributed by atoms with Crippen molar-refractivity contribution in [1.29, 1.82) is 5.26 Å². The molecule has 8 nitrogen and oxygen atoms in total. The van der Waals surface area contributed by atoms with E-state index in [2.05, 4.69) is 10.6 Å². The molecule has 0 aromatic heterocycles. The fourth-order valence-corrected chi connectivity index (χ4v) is 5.28. The van der Waals surface area contributed by atoms with E-state index in [4.69, 9.17) is 14.7 Å². The Morgan fingerprint density at radius 3 is 2.17 bits per heavy atom. The van der Waals surface area contributed by atoms with Gasteiger partial charge in [0.1, 0.15) is 6.61 Å². The lowest BCUT2D eigenvalue weighted by Crippen LogP contribution is -2.44. The molecule has 2 N–H and O–H groups in total. The number of nitriles is 1. The maximum Gasteiger partial charge on any atom is 0.417 e. The third kappa shape index (κ3) is 8.36. The summed E-state index contributed by atoms with van der Waals surface area (Å²) in [6.45, 7) is 3.37. The van der Waals surface area contributed by atoms with Crippen molar-refractivity contribution in [2.45, 2.75) is 69.8 Å². The van der Waals surface area contributed by atoms with Gasteiger partial charge in [-0.1, -0.05) is 0 Å². The van der Waals surface area contributed by atoms with E-state index in [1.54, 1.807) is 25.1 Å². The monoisotopic (exact) mass is 572 g/mol. The SMILES string of the molecule is CCOC(=O)c1ccc(NC2CCN(C(=O)COC3CCC(Nc4ccc(C#N)c(C(F)(F)F)c4)CC3)CC2)cc1. The number of ether oxygens (including phenoxy) is 2. The molecule has 2 aromatic carbocycles. The quantitative estimate of drug-likeness (QED) is 0.377. The second-order valence-corrected chi connectivity index (χ2v) is 10.4. The van der Waals surface area contributed by atoms with Crippen molar-refractivity contribution in [2.24, 2.45) is 0 Å². The van der Waals surface area contributed by atoms with Gasteiger partial charge >= 0.3 is 12.1 Å². The van der Waals surface area contributed by atoms with Gasteiger partial charge in [-0.15, -0.1) is 0 Å². The first-order valence-corrected chi connectivity index (χ1v) is 14.0. The van der Waals surface area contributed by atoms with Crippen molar-refractivity contribution in [2.75, 3.05) is 36.9 Å². The van der Waals surface area contributed by atoms with Crippen LogP contribution in [0.25, 0.3) is 0 Å². The van der Waals surface area contributed by atoms with E-state index in [0.29, 0.717) is 56.6 Å². The molecule has 220 valence electrons. The van der Waals surface area contributed by atoms with Crippen LogP contribution in [0.1, 0.15) is 66.9 Å². The van der Waals surface area contributed by atoms with Crippen LogP contribution in [0.5, 0.6) is 0 Å². The molecular weight excluding hydrogens is 537 g/mol. The van der Waals surface area contributed by atoms with Gasteiger partial charge in [-0.05, 0) is 87.9 Å². The highest BCUT2D eigenvalue weighted by Crippen LogP contribution is 2.34. The molecule has 1 amide bonds. The number of esters is 1. The number of anilines is 2. The van der Waals surface area contributed by atoms with Crippen LogP contribution in [0.15, 0.2) is 42.5 Å². The van der Waals surface area contributed by atoms with Gasteiger partial charge < -0.3 is 25.0 Å². The maximum absolute atomic E-state index is 13.2. The number of hydrogen-bond donors (Lipinski definition) is 2. The van der Waals surface area contributed by atoms with Crippen molar-refractivity contribution in [3.63, 3.8) is 0 Å². The minimum Gasteiger partial charge on any atom is -0.462 e. The fraction of sp³-hybridized carbons (Fsp3) is 0.500. The number of amides is 1. The molecule has 2 aliphatic rings. The molecule has 1 saturated carbocycles. The second kappa shape index (κ2) is 13.7. The molecular formula is C30H35F3N4O4. The number of benzene rings is 2. The van der Waals surface area contributed by atoms with Crippen LogP contribution in [0.2, 0.25) is 0 Å². The number of alkyl halides is 3. The Kier molecular flexibility index (Phi) is 10.1. The third-order valence-corrected chi connectivity index (χ3v) is 7.55. The maximum atomic E-state index is 13.2. The number of halogens is 3. The van der Waals surface area contributed by atoms with Gasteiger partial charge in [-0.2, -0.15) is 18.4 Å². The summed E-state index contributed by atoms with van der Waals surface area (Å²) in [4.78, 5) is 26.4. The zero-order valence-corrected chi connectivity index (χ0v) is 23.0. The minimum absolute atomic E-state index is 0.00698. The van der Waals surface area contributed by atoms with Crippen molar-refractivity contribution < 1.29 is 32.2 Å². The summed E-state index contributed by atoms with van der Waals surface area (Å²) in [7, 11) is 0. The zero-order chi connectivity index (χ0) is 29.4. The molecule has 41 heavy (non-hydrogen) atoms. The Labute approximate surface area is 237 Å². The highest BCUT2D eigenvalue weighted by atomic mass is 19.4. The lowest BCUT2D eigenvalue weighted by atomic mass is 9.92. The van der Waals surface area contributed by atoms with Crippen LogP contribution in [0.3, 0.4) is 0 Å². The van der Waals surface area contributed by atoms with Crippen LogP contribution in [-0.2, 0) is 20.4 Å². The van der Waals surface area contributed by atoms with Crippen LogP contribution >= 0.6 is 0 Å². The van der Waals surface area contributed by atoms with Crippen LogP contribution in [0.4, 0.5) is 24.5 Å². The molecule has 0 radical (unpaired) electrons. The summed E-state index contributed by atoms with van der Waals surface area (Å²) in [6.07, 6.45) is -0.244. The molecule has 11 heteroatoms. The number of carbonyl (C=O) groups is 2. The molecule has 1 aliphatic heterocycles. The lowest BCUT2D eigenvalue weighted by Gasteiger charge is -2.34. The molecule has 0 unspecified atom stereocenters. The second-order valence-electron chi connectivity index (χ2n) is 10.4. The molecule has 0 bridgehead atoms. The Balaban J connectivity index is 1.15. The normalized spacial score (nSPS) is 19.7. The first-order chi connectivity index (χ1) is 19.7. The topological polar surface area (TPSA) is 104 Å². The van der Waals surface area contributed by atoms with Gasteiger partial charge in [0.25, 0.3) is 0 Å². The predicted molar refractivity (Wildman–Crippen MR) is 147 cm³/mol. The number of carbonyl (C=O) groups excluding carboxylic acids is 2. The number of nitrogens with zero attached hydrogens (tertiary/aromatic N) is 2. The van der Waals surface area contributed by atoms with Gasteiger partial charge in [0.15, 0.2) is 0 Å². The van der Waals surface area contributed by atoms with E-state index in [1.165, 1.54) is 12.1 Å². The number of nitrogens with one attached hydrogen (secondary N) is 2. The summed E-state index contributed by atoms with van der Waals surface area (Å²) in [5.41, 5.74) is 0.421. The summed E-state index contributed by atoms with van der Waals surface area (Å²) in [5.74, 6) is -0.386. The van der Waals surface area contributed by atoms with Crippen molar-refractivity contribution >= 4 is 23.3 Å². The Bertz CT molecular complexity index is 1230. The van der Waals surface area contributed by atoms with E-state index < -0.39 is 17.3 Å². The lowest BCUT2D eigenvalue weighted by molar-refractivity contribution is -0.140. The van der Waals surface area contributed by atoms with Gasteiger partial charge in [-0.25, -0.2) is 4.79 Å². The Morgan fingerprint density at radius 1 is 0.951 bits per heavy atom. The molecule has 1 saturated heterocycles. The number of likely N-dealkylation sites (tertiary alicyclic amines) is 1. The summed E-state index contributed by atoms with van der Waals surface area (Å²) in [6, 6.07) is 12.7. The minimum atomic E-state index is -4.59. The predicted octanol–water partition coefficient (Wildman–Crippen LogP) is 5.60. The van der Waals surface area contributed by atoms with Crippen LogP contribution in [-0.4, -0.2) is 61.3 Å². The first kappa shape index (κ1) is 30.2. The van der Waals surface area contributed by atoms with Gasteiger partial charge in [0, 0.05) is 36.5 Å². The molecule has 4 rings (SSSR count). The van der Waals surface area contributed by atoms with Crippen LogP contribution < -0.4 is 10.6 Å². The fourth-order valence-electron chi connectivity index (χ4n) is 5.28. The van der Waals surface area contributed by atoms with E-state index >= 15 is 0 Å². The molecule has 2 aromatic rings. The molecule has 0 atom stereocenters. The molecule has 1 aliphatic carbocycles. The van der Waals surface area contributed by atoms with Crippen molar-refractivity contribution in [3.8, 4) is 6.07 Å². The Morgan fingerprint density at radius 2 is 1.56 bits per heavy atom. The average Bonchev–Trinajstić information content (AvgIpc) is 2.97. The zero-order valence-electron chi connectivity index (χ0n) is 23.0. The molecule has 2 fully saturated rings. The van der Waals surface area contributed by atoms with Gasteiger partial charge in [0.05, 0.1) is 35.5 Å². The highest BCUT2D eigenvalue weighted by molar-refractivity contribution is 5.89. The number of piperidine rings is 1. The number of hydrogen-bond acceptors (Lipinski definition) is 7.